The van der Waals surface area contributed by atoms with Gasteiger partial charge in [-0.2, -0.15) is 0 Å². The molecule has 24 heavy (non-hydrogen) atoms. The summed E-state index contributed by atoms with van der Waals surface area (Å²) in [7, 11) is -4.94. The van der Waals surface area contributed by atoms with E-state index >= 15 is 0 Å². The van der Waals surface area contributed by atoms with E-state index in [1.165, 1.54) is 25.6 Å². The first kappa shape index (κ1) is 17.5. The van der Waals surface area contributed by atoms with Gasteiger partial charge < -0.3 is 0 Å². The van der Waals surface area contributed by atoms with Crippen LogP contribution in [0.1, 0.15) is 0 Å². The lowest BCUT2D eigenvalue weighted by atomic mass is 10.2. The summed E-state index contributed by atoms with van der Waals surface area (Å²) in [6, 6.07) is 16.5. The molecule has 2 aromatic heterocycles. The molecule has 0 fully saturated rings. The van der Waals surface area contributed by atoms with Crippen molar-refractivity contribution < 1.29 is 33.3 Å². The largest absolute Gasteiger partial charge is 0.326 e. The molecule has 0 aliphatic carbocycles. The second kappa shape index (κ2) is 6.91. The fourth-order valence-corrected chi connectivity index (χ4v) is 4.62. The average Bonchev–Trinajstić information content (AvgIpc) is 3.05. The number of rotatable bonds is 1. The van der Waals surface area contributed by atoms with Gasteiger partial charge in [-0.3, -0.25) is 0 Å². The normalized spacial score (nSPS) is 11.5. The molecule has 0 bridgehead atoms. The van der Waals surface area contributed by atoms with Crippen molar-refractivity contribution in [3.63, 3.8) is 0 Å². The van der Waals surface area contributed by atoms with Gasteiger partial charge in [0.15, 0.2) is 0 Å². The number of hydrogen-bond donors (Lipinski definition) is 0. The maximum absolute atomic E-state index is 8.49. The predicted octanol–water partition coefficient (Wildman–Crippen LogP) is 0.266. The molecule has 0 aliphatic heterocycles. The van der Waals surface area contributed by atoms with E-state index in [0.717, 1.165) is 5.02 Å². The Labute approximate surface area is 152 Å². The average molecular weight is 402 g/mol. The zero-order valence-corrected chi connectivity index (χ0v) is 15.0. The summed E-state index contributed by atoms with van der Waals surface area (Å²) >= 11 is 9.59. The van der Waals surface area contributed by atoms with Crippen molar-refractivity contribution in [2.45, 2.75) is 0 Å². The minimum atomic E-state index is -4.94. The van der Waals surface area contributed by atoms with E-state index in [0.29, 0.717) is 0 Å². The van der Waals surface area contributed by atoms with Gasteiger partial charge >= 0.3 is 4.14 Å². The van der Waals surface area contributed by atoms with Crippen molar-refractivity contribution in [2.75, 3.05) is 0 Å². The second-order valence-corrected chi connectivity index (χ2v) is 8.02. The Kier molecular flexibility index (Phi) is 5.05. The molecule has 0 unspecified atom stereocenters. The molecule has 0 atom stereocenters. The van der Waals surface area contributed by atoms with Crippen molar-refractivity contribution in [1.29, 1.82) is 0 Å². The zero-order chi connectivity index (χ0) is 17.3. The maximum Gasteiger partial charge on any atom is 0.326 e. The van der Waals surface area contributed by atoms with E-state index in [9.17, 15) is 0 Å². The van der Waals surface area contributed by atoms with Crippen molar-refractivity contribution in [3.8, 4) is 11.3 Å². The van der Waals surface area contributed by atoms with Gasteiger partial charge in [0.05, 0.1) is 5.38 Å². The number of nitrogens with zero attached hydrogens (tertiary/aromatic N) is 1. The summed E-state index contributed by atoms with van der Waals surface area (Å²) in [4.78, 5) is 0. The molecule has 4 rings (SSSR count). The molecule has 0 radical (unpaired) electrons. The third-order valence-corrected chi connectivity index (χ3v) is 5.58. The van der Waals surface area contributed by atoms with Gasteiger partial charge in [0.1, 0.15) is 4.70 Å². The third-order valence-electron chi connectivity index (χ3n) is 3.14. The lowest BCUT2D eigenvalue weighted by Crippen LogP contribution is -2.68. The highest BCUT2D eigenvalue weighted by Crippen LogP contribution is 2.30. The molecule has 0 saturated heterocycles. The number of aromatic nitrogens is 1. The fourth-order valence-electron chi connectivity index (χ4n) is 2.25. The number of thiazole rings is 2. The second-order valence-electron chi connectivity index (χ2n) is 4.68. The molecule has 0 aliphatic rings. The van der Waals surface area contributed by atoms with Gasteiger partial charge in [0, 0.05) is 16.7 Å². The fraction of sp³-hybridized carbons (Fsp3) is 0. The lowest BCUT2D eigenvalue weighted by Gasteiger charge is -2.17. The van der Waals surface area contributed by atoms with Gasteiger partial charge in [-0.25, -0.2) is 18.6 Å². The van der Waals surface area contributed by atoms with E-state index in [-0.39, 0.29) is 0 Å². The van der Waals surface area contributed by atoms with Crippen LogP contribution >= 0.6 is 34.3 Å². The highest BCUT2D eigenvalue weighted by atomic mass is 35.7. The van der Waals surface area contributed by atoms with Crippen LogP contribution in [0.3, 0.4) is 0 Å². The first-order chi connectivity index (χ1) is 11.3. The van der Waals surface area contributed by atoms with Crippen molar-refractivity contribution in [2.24, 2.45) is 0 Å². The zero-order valence-electron chi connectivity index (χ0n) is 11.8. The Balaban J connectivity index is 0.000000300. The molecular formula is C15H9Cl2NO4S2. The quantitative estimate of drug-likeness (QED) is 0.427. The Bertz CT molecular complexity index is 971. The monoisotopic (exact) mass is 401 g/mol. The van der Waals surface area contributed by atoms with Crippen LogP contribution in [0.25, 0.3) is 25.6 Å². The summed E-state index contributed by atoms with van der Waals surface area (Å²) in [6.07, 6.45) is 0. The van der Waals surface area contributed by atoms with Gasteiger partial charge in [-0.1, -0.05) is 46.4 Å². The summed E-state index contributed by atoms with van der Waals surface area (Å²) in [5, 5.41) is 2.98. The molecule has 9 heteroatoms. The van der Waals surface area contributed by atoms with Crippen LogP contribution < -0.4 is 23.0 Å². The molecule has 0 amide bonds. The molecule has 124 valence electrons. The molecule has 0 spiro atoms. The molecule has 2 aromatic carbocycles. The van der Waals surface area contributed by atoms with Crippen LogP contribution in [0.5, 0.6) is 0 Å². The first-order valence-corrected chi connectivity index (χ1v) is 9.82. The molecule has 2 heterocycles. The van der Waals surface area contributed by atoms with Crippen LogP contribution in [0.4, 0.5) is 0 Å². The molecule has 0 saturated carbocycles. The highest BCUT2D eigenvalue weighted by Gasteiger charge is 2.21. The molecule has 5 nitrogen and oxygen atoms in total. The predicted molar refractivity (Wildman–Crippen MR) is 83.3 cm³/mol. The van der Waals surface area contributed by atoms with Crippen molar-refractivity contribution in [1.82, 2.24) is 0 Å². The van der Waals surface area contributed by atoms with Gasteiger partial charge in [0.2, 0.25) is 11.2 Å². The van der Waals surface area contributed by atoms with Crippen molar-refractivity contribution in [3.05, 3.63) is 58.9 Å². The number of benzene rings is 2. The summed E-state index contributed by atoms with van der Waals surface area (Å²) in [6.45, 7) is 0. The van der Waals surface area contributed by atoms with Gasteiger partial charge in [-0.05, 0) is 30.3 Å². The van der Waals surface area contributed by atoms with E-state index in [1.54, 1.807) is 11.3 Å². The highest BCUT2D eigenvalue weighted by molar-refractivity contribution is 7.38. The molecule has 0 N–H and O–H groups in total. The Morgan fingerprint density at radius 3 is 2.21 bits per heavy atom. The SMILES string of the molecule is Clc1ccc(-c2csc3sc4ccccc4[n+]23)cc1.[O-][Cl+3]([O-])([O-])[O-]. The maximum atomic E-state index is 8.49. The lowest BCUT2D eigenvalue weighted by molar-refractivity contribution is -2.00. The summed E-state index contributed by atoms with van der Waals surface area (Å²) in [5.74, 6) is 0. The smallest absolute Gasteiger partial charge is 0.222 e. The van der Waals surface area contributed by atoms with Crippen LogP contribution in [0, 0.1) is 10.2 Å². The third kappa shape index (κ3) is 4.02. The van der Waals surface area contributed by atoms with Crippen LogP contribution in [-0.2, 0) is 0 Å². The summed E-state index contributed by atoms with van der Waals surface area (Å²) in [5.41, 5.74) is 3.70. The van der Waals surface area contributed by atoms with Crippen molar-refractivity contribution >= 4 is 48.6 Å². The van der Waals surface area contributed by atoms with Crippen LogP contribution in [-0.4, -0.2) is 0 Å². The Hall–Kier alpha value is -1.29. The van der Waals surface area contributed by atoms with Crippen LogP contribution in [0.15, 0.2) is 53.9 Å². The topological polar surface area (TPSA) is 96.3 Å². The standard InChI is InChI=1S/C15H9ClNS2.ClHO4/c16-11-7-5-10(6-8-11)13-9-18-15-17(13)12-3-1-2-4-14(12)19-15;2-1(3,4)5/h1-9H;(H,2,3,4,5)/q+1;/p-1. The Morgan fingerprint density at radius 2 is 1.54 bits per heavy atom. The summed E-state index contributed by atoms with van der Waals surface area (Å²) < 4.78 is 38.9. The number of para-hydroxylation sites is 1. The van der Waals surface area contributed by atoms with Crippen LogP contribution in [0.2, 0.25) is 5.02 Å². The number of fused-ring (bicyclic) bond motifs is 3. The van der Waals surface area contributed by atoms with E-state index in [1.807, 2.05) is 23.5 Å². The van der Waals surface area contributed by atoms with E-state index in [2.05, 4.69) is 46.2 Å². The van der Waals surface area contributed by atoms with Gasteiger partial charge in [-0.15, -0.1) is 14.6 Å². The Morgan fingerprint density at radius 1 is 0.917 bits per heavy atom. The van der Waals surface area contributed by atoms with E-state index in [4.69, 9.17) is 30.2 Å². The minimum absolute atomic E-state index is 0.774. The first-order valence-electron chi connectivity index (χ1n) is 6.51. The van der Waals surface area contributed by atoms with E-state index < -0.39 is 10.2 Å². The number of hydrogen-bond acceptors (Lipinski definition) is 6. The molecular weight excluding hydrogens is 393 g/mol. The number of halogens is 2. The van der Waals surface area contributed by atoms with Gasteiger partial charge in [0.25, 0.3) is 0 Å². The molecule has 4 aromatic rings. The minimum Gasteiger partial charge on any atom is -0.222 e.